The van der Waals surface area contributed by atoms with Gasteiger partial charge in [0.2, 0.25) is 15.9 Å². The maximum Gasteiger partial charge on any atom is 0.243 e. The molecule has 4 rings (SSSR count). The number of benzene rings is 1. The van der Waals surface area contributed by atoms with Gasteiger partial charge in [-0.25, -0.2) is 8.42 Å². The van der Waals surface area contributed by atoms with Gasteiger partial charge in [-0.15, -0.1) is 0 Å². The van der Waals surface area contributed by atoms with E-state index in [9.17, 15) is 8.42 Å². The van der Waals surface area contributed by atoms with Crippen molar-refractivity contribution in [2.75, 3.05) is 20.2 Å². The van der Waals surface area contributed by atoms with Gasteiger partial charge in [0.25, 0.3) is 0 Å². The zero-order valence-corrected chi connectivity index (χ0v) is 14.2. The van der Waals surface area contributed by atoms with Crippen LogP contribution in [0.4, 0.5) is 0 Å². The Hall–Kier alpha value is -1.93. The van der Waals surface area contributed by atoms with Gasteiger partial charge in [0.1, 0.15) is 5.75 Å². The molecule has 1 aliphatic heterocycles. The second kappa shape index (κ2) is 5.86. The molecule has 2 aliphatic rings. The van der Waals surface area contributed by atoms with E-state index in [2.05, 4.69) is 10.1 Å². The quantitative estimate of drug-likeness (QED) is 0.822. The Morgan fingerprint density at radius 1 is 1.17 bits per heavy atom. The highest BCUT2D eigenvalue weighted by Crippen LogP contribution is 2.40. The molecule has 1 unspecified atom stereocenters. The number of nitrogens with zero attached hydrogens (tertiary/aromatic N) is 3. The second-order valence-electron chi connectivity index (χ2n) is 6.29. The Bertz CT molecular complexity index is 827. The lowest BCUT2D eigenvalue weighted by Crippen LogP contribution is -2.28. The first kappa shape index (κ1) is 15.6. The second-order valence-corrected chi connectivity index (χ2v) is 8.23. The minimum absolute atomic E-state index is 0.00530. The lowest BCUT2D eigenvalue weighted by Gasteiger charge is -2.16. The fourth-order valence-corrected chi connectivity index (χ4v) is 4.46. The number of sulfonamides is 1. The molecule has 2 aromatic rings. The molecule has 7 nitrogen and oxygen atoms in total. The van der Waals surface area contributed by atoms with Gasteiger partial charge in [-0.2, -0.15) is 9.29 Å². The summed E-state index contributed by atoms with van der Waals surface area (Å²) in [5.41, 5.74) is 0. The third-order valence-electron chi connectivity index (χ3n) is 4.60. The maximum absolute atomic E-state index is 12.8. The third kappa shape index (κ3) is 2.80. The van der Waals surface area contributed by atoms with E-state index in [0.717, 1.165) is 12.8 Å². The number of aromatic nitrogens is 2. The molecule has 1 aromatic carbocycles. The molecule has 2 heterocycles. The molecular formula is C16H19N3O4S. The van der Waals surface area contributed by atoms with Gasteiger partial charge in [0.15, 0.2) is 5.82 Å². The van der Waals surface area contributed by atoms with Gasteiger partial charge in [-0.05, 0) is 43.5 Å². The van der Waals surface area contributed by atoms with E-state index in [4.69, 9.17) is 9.26 Å². The van der Waals surface area contributed by atoms with Crippen LogP contribution in [-0.2, 0) is 10.0 Å². The molecule has 0 radical (unpaired) electrons. The Morgan fingerprint density at radius 2 is 1.92 bits per heavy atom. The number of rotatable bonds is 5. The third-order valence-corrected chi connectivity index (χ3v) is 6.48. The van der Waals surface area contributed by atoms with Crippen LogP contribution < -0.4 is 4.74 Å². The van der Waals surface area contributed by atoms with Gasteiger partial charge >= 0.3 is 0 Å². The van der Waals surface area contributed by atoms with Crippen LogP contribution in [0.15, 0.2) is 33.7 Å². The van der Waals surface area contributed by atoms with Crippen molar-refractivity contribution in [3.63, 3.8) is 0 Å². The normalized spacial score (nSPS) is 22.0. The minimum atomic E-state index is -3.51. The van der Waals surface area contributed by atoms with Crippen LogP contribution in [0.1, 0.15) is 42.8 Å². The van der Waals surface area contributed by atoms with Crippen LogP contribution in [0.2, 0.25) is 0 Å². The number of methoxy groups -OCH3 is 1. The summed E-state index contributed by atoms with van der Waals surface area (Å²) in [5.74, 6) is 2.36. The van der Waals surface area contributed by atoms with Crippen molar-refractivity contribution in [3.05, 3.63) is 36.0 Å². The molecule has 128 valence electrons. The van der Waals surface area contributed by atoms with Gasteiger partial charge < -0.3 is 9.26 Å². The Morgan fingerprint density at radius 3 is 2.58 bits per heavy atom. The van der Waals surface area contributed by atoms with E-state index in [1.54, 1.807) is 31.4 Å². The van der Waals surface area contributed by atoms with Crippen molar-refractivity contribution in [3.8, 4) is 5.75 Å². The monoisotopic (exact) mass is 349 g/mol. The number of ether oxygens (including phenoxy) is 1. The van der Waals surface area contributed by atoms with Crippen LogP contribution in [0.5, 0.6) is 5.75 Å². The Labute approximate surface area is 140 Å². The fraction of sp³-hybridized carbons (Fsp3) is 0.500. The van der Waals surface area contributed by atoms with E-state index >= 15 is 0 Å². The van der Waals surface area contributed by atoms with Crippen LogP contribution in [0.25, 0.3) is 0 Å². The summed E-state index contributed by atoms with van der Waals surface area (Å²) in [7, 11) is -1.96. The van der Waals surface area contributed by atoms with Crippen LogP contribution in [0, 0.1) is 0 Å². The van der Waals surface area contributed by atoms with E-state index in [-0.39, 0.29) is 10.8 Å². The van der Waals surface area contributed by atoms with E-state index in [0.29, 0.717) is 42.9 Å². The molecule has 1 saturated carbocycles. The highest BCUT2D eigenvalue weighted by molar-refractivity contribution is 7.89. The first-order chi connectivity index (χ1) is 11.6. The summed E-state index contributed by atoms with van der Waals surface area (Å²) in [6, 6.07) is 6.45. The first-order valence-electron chi connectivity index (χ1n) is 8.05. The van der Waals surface area contributed by atoms with E-state index in [1.165, 1.54) is 4.31 Å². The molecule has 0 spiro atoms. The summed E-state index contributed by atoms with van der Waals surface area (Å²) in [6.07, 6.45) is 2.91. The molecule has 1 aromatic heterocycles. The van der Waals surface area contributed by atoms with Gasteiger partial charge in [0.05, 0.1) is 12.0 Å². The molecular weight excluding hydrogens is 330 g/mol. The highest BCUT2D eigenvalue weighted by atomic mass is 32.2. The first-order valence-corrected chi connectivity index (χ1v) is 9.49. The molecule has 24 heavy (non-hydrogen) atoms. The molecule has 1 aliphatic carbocycles. The smallest absolute Gasteiger partial charge is 0.243 e. The zero-order chi connectivity index (χ0) is 16.7. The van der Waals surface area contributed by atoms with E-state index < -0.39 is 10.0 Å². The minimum Gasteiger partial charge on any atom is -0.497 e. The molecule has 1 saturated heterocycles. The average Bonchev–Trinajstić information content (AvgIpc) is 3.13. The van der Waals surface area contributed by atoms with Crippen LogP contribution >= 0.6 is 0 Å². The summed E-state index contributed by atoms with van der Waals surface area (Å²) >= 11 is 0. The summed E-state index contributed by atoms with van der Waals surface area (Å²) in [4.78, 5) is 4.72. The predicted molar refractivity (Wildman–Crippen MR) is 85.4 cm³/mol. The highest BCUT2D eigenvalue weighted by Gasteiger charge is 2.37. The number of hydrogen-bond donors (Lipinski definition) is 0. The largest absolute Gasteiger partial charge is 0.497 e. The summed E-state index contributed by atoms with van der Waals surface area (Å²) < 4.78 is 37.4. The van der Waals surface area contributed by atoms with Gasteiger partial charge in [-0.3, -0.25) is 0 Å². The SMILES string of the molecule is COc1ccc(S(=O)(=O)N2CCC(c3noc(C4CC4)n3)C2)cc1. The van der Waals surface area contributed by atoms with Gasteiger partial charge in [0, 0.05) is 24.9 Å². The zero-order valence-electron chi connectivity index (χ0n) is 13.4. The lowest BCUT2D eigenvalue weighted by atomic mass is 10.1. The fourth-order valence-electron chi connectivity index (χ4n) is 2.96. The molecule has 0 amide bonds. The molecule has 1 atom stereocenters. The maximum atomic E-state index is 12.8. The molecule has 0 bridgehead atoms. The molecule has 8 heteroatoms. The predicted octanol–water partition coefficient (Wildman–Crippen LogP) is 2.13. The lowest BCUT2D eigenvalue weighted by molar-refractivity contribution is 0.370. The Kier molecular flexibility index (Phi) is 3.80. The van der Waals surface area contributed by atoms with Crippen molar-refractivity contribution in [1.82, 2.24) is 14.4 Å². The van der Waals surface area contributed by atoms with Gasteiger partial charge in [-0.1, -0.05) is 5.16 Å². The van der Waals surface area contributed by atoms with Crippen LogP contribution in [-0.4, -0.2) is 43.1 Å². The standard InChI is InChI=1S/C16H19N3O4S/c1-22-13-4-6-14(7-5-13)24(20,21)19-9-8-12(10-19)15-17-16(23-18-15)11-2-3-11/h4-7,11-12H,2-3,8-10H2,1H3. The van der Waals surface area contributed by atoms with Crippen molar-refractivity contribution in [1.29, 1.82) is 0 Å². The average molecular weight is 349 g/mol. The summed E-state index contributed by atoms with van der Waals surface area (Å²) in [6.45, 7) is 0.852. The Balaban J connectivity index is 1.49. The molecule has 0 N–H and O–H groups in total. The summed E-state index contributed by atoms with van der Waals surface area (Å²) in [5, 5.41) is 4.05. The van der Waals surface area contributed by atoms with Crippen molar-refractivity contribution >= 4 is 10.0 Å². The van der Waals surface area contributed by atoms with Crippen molar-refractivity contribution in [2.24, 2.45) is 0 Å². The number of hydrogen-bond acceptors (Lipinski definition) is 6. The van der Waals surface area contributed by atoms with Crippen LogP contribution in [0.3, 0.4) is 0 Å². The topological polar surface area (TPSA) is 85.5 Å². The van der Waals surface area contributed by atoms with E-state index in [1.807, 2.05) is 0 Å². The van der Waals surface area contributed by atoms with Crippen molar-refractivity contribution in [2.45, 2.75) is 36.0 Å². The van der Waals surface area contributed by atoms with Crippen molar-refractivity contribution < 1.29 is 17.7 Å². The molecule has 2 fully saturated rings.